The van der Waals surface area contributed by atoms with Gasteiger partial charge < -0.3 is 18.9 Å². The number of esters is 1. The highest BCUT2D eigenvalue weighted by Crippen LogP contribution is 2.24. The molecule has 168 valence electrons. The summed E-state index contributed by atoms with van der Waals surface area (Å²) in [7, 11) is 1.32. The lowest BCUT2D eigenvalue weighted by Crippen LogP contribution is -2.37. The Morgan fingerprint density at radius 1 is 1.06 bits per heavy atom. The number of amides is 1. The van der Waals surface area contributed by atoms with Crippen LogP contribution in [0.2, 0.25) is 0 Å². The second-order valence-electron chi connectivity index (χ2n) is 7.24. The van der Waals surface area contributed by atoms with E-state index in [2.05, 4.69) is 0 Å². The minimum atomic E-state index is -0.476. The first-order valence-electron chi connectivity index (χ1n) is 10.6. The predicted octanol–water partition coefficient (Wildman–Crippen LogP) is 3.66. The van der Waals surface area contributed by atoms with Crippen molar-refractivity contribution in [2.75, 3.05) is 33.4 Å². The van der Waals surface area contributed by atoms with Crippen LogP contribution < -0.4 is 0 Å². The number of carbonyl (C=O) groups is 3. The van der Waals surface area contributed by atoms with Gasteiger partial charge in [-0.3, -0.25) is 9.59 Å². The number of methoxy groups -OCH3 is 1. The van der Waals surface area contributed by atoms with Gasteiger partial charge in [0.15, 0.2) is 5.78 Å². The normalized spacial score (nSPS) is 10.7. The number of Topliss-reactive ketones (excluding diaryl/α,β-unsaturated/α-hetero) is 1. The van der Waals surface area contributed by atoms with E-state index in [1.807, 2.05) is 26.8 Å². The number of carbonyl (C=O) groups excluding carboxylic acids is 3. The fourth-order valence-electron chi connectivity index (χ4n) is 3.83. The number of benzene rings is 1. The van der Waals surface area contributed by atoms with Crippen molar-refractivity contribution in [3.05, 3.63) is 58.4 Å². The fraction of sp³-hybridized carbons (Fsp3) is 0.458. The van der Waals surface area contributed by atoms with E-state index in [0.29, 0.717) is 60.8 Å². The molecule has 0 unspecified atom stereocenters. The highest BCUT2D eigenvalue weighted by Gasteiger charge is 2.28. The summed E-state index contributed by atoms with van der Waals surface area (Å²) in [6.45, 7) is 9.36. The molecular formula is C24H32N2O5. The molecule has 0 fully saturated rings. The lowest BCUT2D eigenvalue weighted by atomic mass is 10.0. The van der Waals surface area contributed by atoms with Gasteiger partial charge in [0.2, 0.25) is 0 Å². The topological polar surface area (TPSA) is 77.8 Å². The van der Waals surface area contributed by atoms with Crippen LogP contribution in [-0.2, 0) is 16.0 Å². The number of aromatic nitrogens is 1. The molecule has 2 aromatic rings. The molecule has 2 rings (SSSR count). The van der Waals surface area contributed by atoms with Crippen LogP contribution in [0.25, 0.3) is 0 Å². The van der Waals surface area contributed by atoms with Gasteiger partial charge in [0, 0.05) is 43.1 Å². The third kappa shape index (κ3) is 5.61. The van der Waals surface area contributed by atoms with Crippen molar-refractivity contribution >= 4 is 17.7 Å². The SMILES string of the molecule is CCOCCCN(CC(=O)c1c(C)c(C(=O)OC)n(CC)c1C)C(=O)c1ccccc1. The zero-order chi connectivity index (χ0) is 23.0. The maximum absolute atomic E-state index is 13.3. The Kier molecular flexibility index (Phi) is 9.00. The molecule has 0 bridgehead atoms. The number of hydrogen-bond donors (Lipinski definition) is 0. The number of ketones is 1. The van der Waals surface area contributed by atoms with Crippen molar-refractivity contribution in [1.29, 1.82) is 0 Å². The zero-order valence-electron chi connectivity index (χ0n) is 19.1. The van der Waals surface area contributed by atoms with Crippen molar-refractivity contribution in [1.82, 2.24) is 9.47 Å². The smallest absolute Gasteiger partial charge is 0.354 e. The van der Waals surface area contributed by atoms with Gasteiger partial charge in [0.05, 0.1) is 13.7 Å². The average molecular weight is 429 g/mol. The Morgan fingerprint density at radius 2 is 1.74 bits per heavy atom. The van der Waals surface area contributed by atoms with Crippen LogP contribution in [0.4, 0.5) is 0 Å². The molecule has 0 saturated heterocycles. The molecule has 7 heteroatoms. The second-order valence-corrected chi connectivity index (χ2v) is 7.24. The predicted molar refractivity (Wildman–Crippen MR) is 119 cm³/mol. The Hall–Kier alpha value is -2.93. The van der Waals surface area contributed by atoms with Crippen molar-refractivity contribution < 1.29 is 23.9 Å². The minimum Gasteiger partial charge on any atom is -0.464 e. The standard InChI is InChI=1S/C24H32N2O5/c1-6-26-18(4)21(17(3)22(26)24(29)30-5)20(27)16-25(14-11-15-31-7-2)23(28)19-12-9-8-10-13-19/h8-10,12-13H,6-7,11,14-16H2,1-5H3. The van der Waals surface area contributed by atoms with E-state index in [1.54, 1.807) is 40.7 Å². The molecule has 0 aliphatic rings. The number of rotatable bonds is 11. The molecule has 1 aromatic carbocycles. The molecule has 0 aliphatic carbocycles. The summed E-state index contributed by atoms with van der Waals surface area (Å²) in [5.41, 5.74) is 2.66. The van der Waals surface area contributed by atoms with Gasteiger partial charge in [0.1, 0.15) is 5.69 Å². The van der Waals surface area contributed by atoms with E-state index in [0.717, 1.165) is 0 Å². The molecule has 0 aliphatic heterocycles. The molecule has 0 atom stereocenters. The van der Waals surface area contributed by atoms with E-state index in [1.165, 1.54) is 7.11 Å². The van der Waals surface area contributed by atoms with Crippen molar-refractivity contribution in [3.8, 4) is 0 Å². The lowest BCUT2D eigenvalue weighted by Gasteiger charge is -2.22. The Morgan fingerprint density at radius 3 is 2.32 bits per heavy atom. The maximum Gasteiger partial charge on any atom is 0.354 e. The van der Waals surface area contributed by atoms with Crippen LogP contribution in [0, 0.1) is 13.8 Å². The highest BCUT2D eigenvalue weighted by atomic mass is 16.5. The third-order valence-electron chi connectivity index (χ3n) is 5.30. The molecule has 31 heavy (non-hydrogen) atoms. The highest BCUT2D eigenvalue weighted by molar-refractivity contribution is 6.06. The molecule has 1 amide bonds. The molecule has 0 radical (unpaired) electrons. The van der Waals surface area contributed by atoms with Crippen LogP contribution in [0.1, 0.15) is 62.7 Å². The van der Waals surface area contributed by atoms with Gasteiger partial charge in [-0.15, -0.1) is 0 Å². The lowest BCUT2D eigenvalue weighted by molar-refractivity contribution is 0.0587. The van der Waals surface area contributed by atoms with Gasteiger partial charge >= 0.3 is 5.97 Å². The van der Waals surface area contributed by atoms with Gasteiger partial charge in [-0.2, -0.15) is 0 Å². The van der Waals surface area contributed by atoms with Gasteiger partial charge in [-0.1, -0.05) is 18.2 Å². The van der Waals surface area contributed by atoms with Crippen molar-refractivity contribution in [2.45, 2.75) is 40.7 Å². The van der Waals surface area contributed by atoms with E-state index >= 15 is 0 Å². The number of hydrogen-bond acceptors (Lipinski definition) is 5. The molecule has 0 N–H and O–H groups in total. The van der Waals surface area contributed by atoms with Crippen LogP contribution in [0.3, 0.4) is 0 Å². The van der Waals surface area contributed by atoms with E-state index in [4.69, 9.17) is 9.47 Å². The quantitative estimate of drug-likeness (QED) is 0.310. The molecule has 1 heterocycles. The average Bonchev–Trinajstić information content (AvgIpc) is 3.04. The molecule has 0 saturated carbocycles. The van der Waals surface area contributed by atoms with Gasteiger partial charge in [-0.25, -0.2) is 4.79 Å². The Labute approximate surface area is 183 Å². The Bertz CT molecular complexity index is 918. The van der Waals surface area contributed by atoms with Crippen LogP contribution >= 0.6 is 0 Å². The summed E-state index contributed by atoms with van der Waals surface area (Å²) in [5, 5.41) is 0. The number of nitrogens with zero attached hydrogens (tertiary/aromatic N) is 2. The molecule has 7 nitrogen and oxygen atoms in total. The first kappa shape index (κ1) is 24.3. The first-order valence-corrected chi connectivity index (χ1v) is 10.6. The molecular weight excluding hydrogens is 396 g/mol. The van der Waals surface area contributed by atoms with E-state index in [9.17, 15) is 14.4 Å². The third-order valence-corrected chi connectivity index (χ3v) is 5.30. The summed E-state index contributed by atoms with van der Waals surface area (Å²) >= 11 is 0. The Balaban J connectivity index is 2.33. The fourth-order valence-corrected chi connectivity index (χ4v) is 3.83. The van der Waals surface area contributed by atoms with Crippen molar-refractivity contribution in [3.63, 3.8) is 0 Å². The monoisotopic (exact) mass is 428 g/mol. The van der Waals surface area contributed by atoms with Crippen molar-refractivity contribution in [2.24, 2.45) is 0 Å². The van der Waals surface area contributed by atoms with Crippen LogP contribution in [-0.4, -0.2) is 60.5 Å². The summed E-state index contributed by atoms with van der Waals surface area (Å²) in [6, 6.07) is 8.91. The molecule has 0 spiro atoms. The maximum atomic E-state index is 13.3. The number of ether oxygens (including phenoxy) is 2. The first-order chi connectivity index (χ1) is 14.9. The van der Waals surface area contributed by atoms with Crippen LogP contribution in [0.15, 0.2) is 30.3 Å². The summed E-state index contributed by atoms with van der Waals surface area (Å²) in [5.74, 6) is -0.882. The van der Waals surface area contributed by atoms with E-state index in [-0.39, 0.29) is 18.2 Å². The molecule has 1 aromatic heterocycles. The second kappa shape index (κ2) is 11.5. The zero-order valence-corrected chi connectivity index (χ0v) is 19.1. The van der Waals surface area contributed by atoms with E-state index < -0.39 is 5.97 Å². The van der Waals surface area contributed by atoms with Gasteiger partial charge in [-0.05, 0) is 51.8 Å². The summed E-state index contributed by atoms with van der Waals surface area (Å²) in [6.07, 6.45) is 0.626. The largest absolute Gasteiger partial charge is 0.464 e. The summed E-state index contributed by atoms with van der Waals surface area (Å²) in [4.78, 5) is 40.2. The minimum absolute atomic E-state index is 0.0735. The van der Waals surface area contributed by atoms with Crippen LogP contribution in [0.5, 0.6) is 0 Å². The summed E-state index contributed by atoms with van der Waals surface area (Å²) < 4.78 is 12.1. The van der Waals surface area contributed by atoms with Gasteiger partial charge in [0.25, 0.3) is 5.91 Å².